The van der Waals surface area contributed by atoms with Crippen molar-refractivity contribution in [2.45, 2.75) is 0 Å². The molecule has 0 unspecified atom stereocenters. The molecule has 0 amide bonds. The molecule has 0 aromatic heterocycles. The fourth-order valence-corrected chi connectivity index (χ4v) is 2.14. The normalized spacial score (nSPS) is 8.76. The predicted molar refractivity (Wildman–Crippen MR) is 91.3 cm³/mol. The summed E-state index contributed by atoms with van der Waals surface area (Å²) in [5.74, 6) is 0. The molecule has 0 aliphatic carbocycles. The molecule has 0 bridgehead atoms. The van der Waals surface area contributed by atoms with Gasteiger partial charge in [0.05, 0.1) is 0 Å². The van der Waals surface area contributed by atoms with Crippen molar-refractivity contribution in [2.24, 2.45) is 0 Å². The monoisotopic (exact) mass is 363 g/mol. The van der Waals surface area contributed by atoms with Crippen LogP contribution >= 0.6 is 0 Å². The first-order valence-electron chi connectivity index (χ1n) is 6.14. The summed E-state index contributed by atoms with van der Waals surface area (Å²) in [4.78, 5) is 0. The van der Waals surface area contributed by atoms with Gasteiger partial charge in [0.15, 0.2) is 0 Å². The standard InChI is InChI=1S/2C9H7.CH3.Si.Zr/c2*1-2-5-9-7-3-6-8(9)4-1;;;/h2*1-7H;1H3;;/q3*-1;;+3. The molecule has 0 saturated carbocycles. The molecule has 0 atom stereocenters. The van der Waals surface area contributed by atoms with Gasteiger partial charge >= 0.3 is 26.2 Å². The molecule has 4 rings (SSSR count). The van der Waals surface area contributed by atoms with Gasteiger partial charge in [-0.25, -0.2) is 0 Å². The van der Waals surface area contributed by atoms with Gasteiger partial charge in [-0.1, -0.05) is 12.1 Å². The van der Waals surface area contributed by atoms with Crippen molar-refractivity contribution in [3.05, 3.63) is 92.4 Å². The van der Waals surface area contributed by atoms with E-state index in [-0.39, 0.29) is 44.6 Å². The van der Waals surface area contributed by atoms with Gasteiger partial charge < -0.3 is 7.43 Å². The summed E-state index contributed by atoms with van der Waals surface area (Å²) >= 11 is 0. The Balaban J connectivity index is 0.000000333. The van der Waals surface area contributed by atoms with Gasteiger partial charge in [0, 0.05) is 11.0 Å². The summed E-state index contributed by atoms with van der Waals surface area (Å²) in [5, 5.41) is 5.32. The molecule has 2 heteroatoms. The Bertz CT molecular complexity index is 626. The van der Waals surface area contributed by atoms with Crippen LogP contribution in [0.5, 0.6) is 0 Å². The van der Waals surface area contributed by atoms with Crippen molar-refractivity contribution in [2.75, 3.05) is 0 Å². The Hall–Kier alpha value is -1.24. The minimum absolute atomic E-state index is 0. The number of benzene rings is 2. The second-order valence-electron chi connectivity index (χ2n) is 4.31. The summed E-state index contributed by atoms with van der Waals surface area (Å²) in [7, 11) is 0. The number of hydrogen-bond acceptors (Lipinski definition) is 0. The zero-order valence-electron chi connectivity index (χ0n) is 12.1. The third-order valence-corrected chi connectivity index (χ3v) is 3.10. The van der Waals surface area contributed by atoms with Gasteiger partial charge in [-0.2, -0.15) is 35.0 Å². The van der Waals surface area contributed by atoms with E-state index in [0.29, 0.717) is 0 Å². The summed E-state index contributed by atoms with van der Waals surface area (Å²) < 4.78 is 0. The summed E-state index contributed by atoms with van der Waals surface area (Å²) in [6.45, 7) is 0. The van der Waals surface area contributed by atoms with Crippen LogP contribution < -0.4 is 0 Å². The van der Waals surface area contributed by atoms with Gasteiger partial charge in [-0.05, 0) is 0 Å². The molecule has 21 heavy (non-hydrogen) atoms. The van der Waals surface area contributed by atoms with E-state index in [9.17, 15) is 0 Å². The third kappa shape index (κ3) is 4.91. The number of rotatable bonds is 0. The van der Waals surface area contributed by atoms with Crippen LogP contribution in [0.2, 0.25) is 0 Å². The molecule has 5 radical (unpaired) electrons. The van der Waals surface area contributed by atoms with Crippen LogP contribution in [0.25, 0.3) is 21.5 Å². The quantitative estimate of drug-likeness (QED) is 0.298. The Morgan fingerprint density at radius 2 is 0.952 bits per heavy atom. The van der Waals surface area contributed by atoms with Gasteiger partial charge in [-0.3, -0.25) is 0 Å². The minimum Gasteiger partial charge on any atom is -0.358 e. The average Bonchev–Trinajstić information content (AvgIpc) is 3.08. The maximum absolute atomic E-state index is 2.12. The first kappa shape index (κ1) is 19.8. The van der Waals surface area contributed by atoms with E-state index < -0.39 is 0 Å². The SMILES string of the molecule is [CH3-].[Si].[Zr+3].c1ccc2[cH-]ccc2c1.c1ccc2[cH-]ccc2c1. The molecule has 4 aromatic rings. The fourth-order valence-electron chi connectivity index (χ4n) is 2.14. The van der Waals surface area contributed by atoms with E-state index in [1.54, 1.807) is 0 Å². The smallest absolute Gasteiger partial charge is 0.358 e. The van der Waals surface area contributed by atoms with Crippen LogP contribution in [0.4, 0.5) is 0 Å². The molecule has 0 N–H and O–H groups in total. The molecule has 0 nitrogen and oxygen atoms in total. The van der Waals surface area contributed by atoms with Crippen LogP contribution in [0.3, 0.4) is 0 Å². The van der Waals surface area contributed by atoms with E-state index in [2.05, 4.69) is 84.9 Å². The first-order chi connectivity index (χ1) is 8.93. The largest absolute Gasteiger partial charge is 3.00 e. The summed E-state index contributed by atoms with van der Waals surface area (Å²) in [6.07, 6.45) is 0. The molecule has 0 aliphatic heterocycles. The van der Waals surface area contributed by atoms with E-state index in [4.69, 9.17) is 0 Å². The van der Waals surface area contributed by atoms with Gasteiger partial charge in [0.2, 0.25) is 0 Å². The van der Waals surface area contributed by atoms with Crippen molar-refractivity contribution in [3.8, 4) is 0 Å². The zero-order chi connectivity index (χ0) is 12.2. The predicted octanol–water partition coefficient (Wildman–Crippen LogP) is 5.18. The van der Waals surface area contributed by atoms with Crippen molar-refractivity contribution >= 4 is 32.5 Å². The summed E-state index contributed by atoms with van der Waals surface area (Å²) in [5.41, 5.74) is 0. The van der Waals surface area contributed by atoms with Crippen molar-refractivity contribution in [1.29, 1.82) is 0 Å². The average molecular weight is 365 g/mol. The maximum atomic E-state index is 2.12. The Morgan fingerprint density at radius 1 is 0.571 bits per heavy atom. The number of fused-ring (bicyclic) bond motifs is 2. The second kappa shape index (κ2) is 9.65. The molecule has 0 spiro atoms. The van der Waals surface area contributed by atoms with E-state index in [1.807, 2.05) is 0 Å². The molecule has 0 aliphatic rings. The molecule has 0 saturated heterocycles. The topological polar surface area (TPSA) is 0 Å². The van der Waals surface area contributed by atoms with Gasteiger partial charge in [-0.15, -0.1) is 59.3 Å². The minimum atomic E-state index is 0. The van der Waals surface area contributed by atoms with Crippen LogP contribution in [-0.4, -0.2) is 11.0 Å². The Kier molecular flexibility index (Phi) is 9.08. The Morgan fingerprint density at radius 3 is 1.33 bits per heavy atom. The molecule has 0 heterocycles. The summed E-state index contributed by atoms with van der Waals surface area (Å²) in [6, 6.07) is 29.3. The van der Waals surface area contributed by atoms with Crippen LogP contribution in [0.1, 0.15) is 0 Å². The molecule has 4 aromatic carbocycles. The van der Waals surface area contributed by atoms with E-state index in [0.717, 1.165) is 0 Å². The fraction of sp³-hybridized carbons (Fsp3) is 0. The van der Waals surface area contributed by atoms with Crippen LogP contribution in [0.15, 0.2) is 84.9 Å². The van der Waals surface area contributed by atoms with Crippen LogP contribution in [-0.2, 0) is 26.2 Å². The van der Waals surface area contributed by atoms with Gasteiger partial charge in [0.25, 0.3) is 0 Å². The molecule has 0 fully saturated rings. The maximum Gasteiger partial charge on any atom is 3.00 e. The Labute approximate surface area is 150 Å². The first-order valence-corrected chi connectivity index (χ1v) is 6.14. The van der Waals surface area contributed by atoms with Crippen LogP contribution in [0, 0.1) is 7.43 Å². The molecule has 101 valence electrons. The van der Waals surface area contributed by atoms with E-state index in [1.165, 1.54) is 21.5 Å². The van der Waals surface area contributed by atoms with Gasteiger partial charge in [0.1, 0.15) is 0 Å². The third-order valence-electron chi connectivity index (χ3n) is 3.10. The molecular weight excluding hydrogens is 348 g/mol. The molecular formula is C19H17SiZr. The van der Waals surface area contributed by atoms with E-state index >= 15 is 0 Å². The zero-order valence-corrected chi connectivity index (χ0v) is 15.5. The van der Waals surface area contributed by atoms with Crippen molar-refractivity contribution in [3.63, 3.8) is 0 Å². The van der Waals surface area contributed by atoms with Crippen molar-refractivity contribution < 1.29 is 26.2 Å². The number of hydrogen-bond donors (Lipinski definition) is 0. The van der Waals surface area contributed by atoms with Crippen molar-refractivity contribution in [1.82, 2.24) is 0 Å². The second-order valence-corrected chi connectivity index (χ2v) is 4.31.